The molecule has 0 saturated carbocycles. The number of halogens is 1. The molecule has 0 aliphatic carbocycles. The van der Waals surface area contributed by atoms with E-state index in [4.69, 9.17) is 11.6 Å². The van der Waals surface area contributed by atoms with Crippen molar-refractivity contribution in [2.45, 2.75) is 6.92 Å². The summed E-state index contributed by atoms with van der Waals surface area (Å²) in [7, 11) is 0. The highest BCUT2D eigenvalue weighted by atomic mass is 35.5. The van der Waals surface area contributed by atoms with Crippen molar-refractivity contribution < 1.29 is 4.79 Å². The smallest absolute Gasteiger partial charge is 0.266 e. The molecule has 7 heteroatoms. The maximum atomic E-state index is 12.7. The topological polar surface area (TPSA) is 45.6 Å². The molecule has 2 aromatic carbocycles. The number of carbonyl (C=O) groups excluding carboxylic acids is 1. The lowest BCUT2D eigenvalue weighted by Crippen LogP contribution is -2.28. The molecular formula is C21H16ClN3OS2. The molecule has 1 aliphatic rings. The molecule has 28 heavy (non-hydrogen) atoms. The molecule has 0 radical (unpaired) electrons. The van der Waals surface area contributed by atoms with Gasteiger partial charge in [0.2, 0.25) is 5.13 Å². The van der Waals surface area contributed by atoms with Gasteiger partial charge in [-0.3, -0.25) is 9.69 Å². The van der Waals surface area contributed by atoms with Crippen molar-refractivity contribution in [1.82, 2.24) is 9.88 Å². The molecule has 0 N–H and O–H groups in total. The number of thiazole rings is 1. The van der Waals surface area contributed by atoms with E-state index in [0.29, 0.717) is 26.8 Å². The Hall–Kier alpha value is -2.41. The fourth-order valence-electron chi connectivity index (χ4n) is 2.72. The fourth-order valence-corrected chi connectivity index (χ4v) is 4.64. The normalized spacial score (nSPS) is 17.1. The van der Waals surface area contributed by atoms with Gasteiger partial charge in [-0.1, -0.05) is 54.1 Å². The third-order valence-electron chi connectivity index (χ3n) is 4.12. The second-order valence-electron chi connectivity index (χ2n) is 5.99. The van der Waals surface area contributed by atoms with Crippen LogP contribution in [0.25, 0.3) is 17.3 Å². The first-order valence-electron chi connectivity index (χ1n) is 8.70. The van der Waals surface area contributed by atoms with Crippen molar-refractivity contribution in [3.8, 4) is 11.3 Å². The summed E-state index contributed by atoms with van der Waals surface area (Å²) < 4.78 is 0. The van der Waals surface area contributed by atoms with Crippen LogP contribution in [0, 0.1) is 0 Å². The highest BCUT2D eigenvalue weighted by Crippen LogP contribution is 2.35. The molecule has 2 heterocycles. The Bertz CT molecular complexity index is 1060. The van der Waals surface area contributed by atoms with E-state index in [1.54, 1.807) is 4.90 Å². The van der Waals surface area contributed by atoms with Crippen LogP contribution in [0.3, 0.4) is 0 Å². The largest absolute Gasteiger partial charge is 0.287 e. The van der Waals surface area contributed by atoms with Crippen molar-refractivity contribution in [3.63, 3.8) is 0 Å². The Labute approximate surface area is 176 Å². The van der Waals surface area contributed by atoms with Gasteiger partial charge in [0, 0.05) is 22.5 Å². The monoisotopic (exact) mass is 425 g/mol. The van der Waals surface area contributed by atoms with Gasteiger partial charge >= 0.3 is 0 Å². The third kappa shape index (κ3) is 4.04. The summed E-state index contributed by atoms with van der Waals surface area (Å²) in [5.41, 5.74) is 2.87. The van der Waals surface area contributed by atoms with E-state index in [2.05, 4.69) is 9.98 Å². The maximum Gasteiger partial charge on any atom is 0.266 e. The number of benzene rings is 2. The van der Waals surface area contributed by atoms with Gasteiger partial charge in [-0.05, 0) is 42.5 Å². The van der Waals surface area contributed by atoms with Gasteiger partial charge < -0.3 is 0 Å². The molecule has 0 atom stereocenters. The lowest BCUT2D eigenvalue weighted by atomic mass is 10.2. The minimum absolute atomic E-state index is 0.0407. The van der Waals surface area contributed by atoms with E-state index < -0.39 is 0 Å². The number of carbonyl (C=O) groups is 1. The number of nitrogens with zero attached hydrogens (tertiary/aromatic N) is 3. The van der Waals surface area contributed by atoms with E-state index in [1.165, 1.54) is 23.1 Å². The van der Waals surface area contributed by atoms with E-state index in [-0.39, 0.29) is 5.91 Å². The summed E-state index contributed by atoms with van der Waals surface area (Å²) in [6, 6.07) is 17.4. The van der Waals surface area contributed by atoms with Crippen molar-refractivity contribution >= 4 is 57.0 Å². The highest BCUT2D eigenvalue weighted by molar-refractivity contribution is 8.18. The number of thioether (sulfide) groups is 1. The van der Waals surface area contributed by atoms with E-state index in [9.17, 15) is 4.79 Å². The number of hydrogen-bond acceptors (Lipinski definition) is 5. The molecule has 4 rings (SSSR count). The number of aromatic nitrogens is 1. The van der Waals surface area contributed by atoms with Crippen molar-refractivity contribution in [3.05, 3.63) is 75.5 Å². The molecular weight excluding hydrogens is 410 g/mol. The number of hydrogen-bond donors (Lipinski definition) is 0. The summed E-state index contributed by atoms with van der Waals surface area (Å²) in [6.45, 7) is 2.50. The zero-order chi connectivity index (χ0) is 19.5. The Kier molecular flexibility index (Phi) is 5.62. The second-order valence-corrected chi connectivity index (χ2v) is 8.27. The van der Waals surface area contributed by atoms with Gasteiger partial charge in [0.15, 0.2) is 5.17 Å². The molecule has 1 aromatic heterocycles. The summed E-state index contributed by atoms with van der Waals surface area (Å²) in [6.07, 6.45) is 1.87. The predicted octanol–water partition coefficient (Wildman–Crippen LogP) is 6.09. The molecule has 1 fully saturated rings. The van der Waals surface area contributed by atoms with Gasteiger partial charge in [-0.15, -0.1) is 11.3 Å². The van der Waals surface area contributed by atoms with Crippen LogP contribution in [0.4, 0.5) is 5.13 Å². The third-order valence-corrected chi connectivity index (χ3v) is 6.12. The van der Waals surface area contributed by atoms with Crippen LogP contribution in [0.5, 0.6) is 0 Å². The first-order valence-corrected chi connectivity index (χ1v) is 10.8. The van der Waals surface area contributed by atoms with Crippen molar-refractivity contribution in [2.24, 2.45) is 4.99 Å². The number of aliphatic imine (C=N–C) groups is 1. The van der Waals surface area contributed by atoms with Gasteiger partial charge in [0.25, 0.3) is 5.91 Å². The quantitative estimate of drug-likeness (QED) is 0.475. The van der Waals surface area contributed by atoms with Crippen molar-refractivity contribution in [2.75, 3.05) is 6.54 Å². The fraction of sp³-hybridized carbons (Fsp3) is 0.0952. The van der Waals surface area contributed by atoms with Gasteiger partial charge in [-0.2, -0.15) is 4.99 Å². The molecule has 4 nitrogen and oxygen atoms in total. The van der Waals surface area contributed by atoms with E-state index in [0.717, 1.165) is 16.8 Å². The lowest BCUT2D eigenvalue weighted by molar-refractivity contribution is -0.122. The van der Waals surface area contributed by atoms with Crippen LogP contribution < -0.4 is 0 Å². The Morgan fingerprint density at radius 1 is 1.14 bits per heavy atom. The van der Waals surface area contributed by atoms with Crippen LogP contribution in [-0.4, -0.2) is 27.5 Å². The first-order chi connectivity index (χ1) is 13.6. The highest BCUT2D eigenvalue weighted by Gasteiger charge is 2.32. The average Bonchev–Trinajstić information content (AvgIpc) is 3.29. The Morgan fingerprint density at radius 2 is 1.89 bits per heavy atom. The van der Waals surface area contributed by atoms with Gasteiger partial charge in [0.1, 0.15) is 0 Å². The molecule has 1 aliphatic heterocycles. The zero-order valence-electron chi connectivity index (χ0n) is 15.0. The maximum absolute atomic E-state index is 12.7. The standard InChI is InChI=1S/C21H16ClN3OS2/c1-2-25-19(26)18(12-14-8-10-16(22)11-9-14)28-21(25)24-20-23-17(13-27-20)15-6-4-3-5-7-15/h3-13H,2H2,1H3/b18-12-,24-21+. The predicted molar refractivity (Wildman–Crippen MR) is 119 cm³/mol. The molecule has 1 saturated heterocycles. The number of rotatable bonds is 4. The number of likely N-dealkylation sites (N-methyl/N-ethyl adjacent to an activating group) is 1. The molecule has 3 aromatic rings. The Morgan fingerprint density at radius 3 is 2.61 bits per heavy atom. The molecule has 0 spiro atoms. The van der Waals surface area contributed by atoms with E-state index in [1.807, 2.05) is 73.0 Å². The minimum atomic E-state index is -0.0407. The summed E-state index contributed by atoms with van der Waals surface area (Å²) in [5.74, 6) is -0.0407. The van der Waals surface area contributed by atoms with Crippen molar-refractivity contribution in [1.29, 1.82) is 0 Å². The minimum Gasteiger partial charge on any atom is -0.287 e. The lowest BCUT2D eigenvalue weighted by Gasteiger charge is -2.11. The second kappa shape index (κ2) is 8.31. The van der Waals surface area contributed by atoms with Crippen LogP contribution in [0.1, 0.15) is 12.5 Å². The Balaban J connectivity index is 1.61. The molecule has 0 bridgehead atoms. The first kappa shape index (κ1) is 18.9. The average molecular weight is 426 g/mol. The van der Waals surface area contributed by atoms with Crippen LogP contribution in [0.15, 0.2) is 69.9 Å². The number of amides is 1. The van der Waals surface area contributed by atoms with Crippen LogP contribution >= 0.6 is 34.7 Å². The van der Waals surface area contributed by atoms with Crippen LogP contribution in [-0.2, 0) is 4.79 Å². The SMILES string of the molecule is CCN1C(=O)/C(=C/c2ccc(Cl)cc2)S/C1=N/c1nc(-c2ccccc2)cs1. The van der Waals surface area contributed by atoms with Gasteiger partial charge in [0.05, 0.1) is 10.6 Å². The van der Waals surface area contributed by atoms with Crippen LogP contribution in [0.2, 0.25) is 5.02 Å². The molecule has 140 valence electrons. The molecule has 1 amide bonds. The van der Waals surface area contributed by atoms with Gasteiger partial charge in [-0.25, -0.2) is 4.98 Å². The van der Waals surface area contributed by atoms with E-state index >= 15 is 0 Å². The summed E-state index contributed by atoms with van der Waals surface area (Å²) >= 11 is 8.78. The summed E-state index contributed by atoms with van der Waals surface area (Å²) in [4.78, 5) is 24.3. The summed E-state index contributed by atoms with van der Waals surface area (Å²) in [5, 5.41) is 3.95. The molecule has 0 unspecified atom stereocenters. The number of amidine groups is 1. The zero-order valence-corrected chi connectivity index (χ0v) is 17.4.